The second-order valence-corrected chi connectivity index (χ2v) is 9.19. The maximum Gasteiger partial charge on any atom is 1.00 e. The quantitative estimate of drug-likeness (QED) is 0.232. The summed E-state index contributed by atoms with van der Waals surface area (Å²) in [5.41, 5.74) is 4.64. The standard InChI is InChI=1S/C26H21N3O6S.Na/c30-20-10-8-19(9-11-20)24-16-29-25(22(27-24)14-17-4-2-1-3-5-17)28-23(26(29)31)15-18-6-12-21(13-7-18)35-36(32,33)34;/h1-13,16,30-31H,14-15H2,(H,32,33,34);/q;+1/p-1. The summed E-state index contributed by atoms with van der Waals surface area (Å²) < 4.78 is 36.6. The summed E-state index contributed by atoms with van der Waals surface area (Å²) in [6.07, 6.45) is 2.42. The van der Waals surface area contributed by atoms with Gasteiger partial charge in [-0.2, -0.15) is 8.42 Å². The van der Waals surface area contributed by atoms with E-state index in [1.807, 2.05) is 30.3 Å². The average Bonchev–Trinajstić information content (AvgIpc) is 3.16. The molecule has 0 bridgehead atoms. The molecule has 3 aromatic carbocycles. The Bertz CT molecular complexity index is 1640. The van der Waals surface area contributed by atoms with Gasteiger partial charge in [0.15, 0.2) is 5.65 Å². The van der Waals surface area contributed by atoms with Crippen molar-refractivity contribution in [2.45, 2.75) is 12.8 Å². The Balaban J connectivity index is 0.00000320. The second kappa shape index (κ2) is 10.9. The van der Waals surface area contributed by atoms with E-state index >= 15 is 0 Å². The van der Waals surface area contributed by atoms with Crippen molar-refractivity contribution in [3.63, 3.8) is 0 Å². The number of imidazole rings is 1. The van der Waals surface area contributed by atoms with Crippen LogP contribution >= 0.6 is 0 Å². The molecule has 182 valence electrons. The van der Waals surface area contributed by atoms with Crippen molar-refractivity contribution in [2.24, 2.45) is 0 Å². The molecule has 11 heteroatoms. The van der Waals surface area contributed by atoms with Gasteiger partial charge in [0.1, 0.15) is 11.4 Å². The Hall–Kier alpha value is -3.41. The summed E-state index contributed by atoms with van der Waals surface area (Å²) in [4.78, 5) is 9.48. The van der Waals surface area contributed by atoms with Crippen LogP contribution in [0.3, 0.4) is 0 Å². The van der Waals surface area contributed by atoms with Gasteiger partial charge in [-0.3, -0.25) is 8.95 Å². The molecule has 5 rings (SSSR count). The number of nitrogens with zero attached hydrogens (tertiary/aromatic N) is 3. The maximum atomic E-state index is 11.6. The van der Waals surface area contributed by atoms with Gasteiger partial charge in [0.05, 0.1) is 11.4 Å². The number of aromatic hydroxyl groups is 1. The van der Waals surface area contributed by atoms with E-state index in [0.717, 1.165) is 16.7 Å². The van der Waals surface area contributed by atoms with E-state index in [9.17, 15) is 18.6 Å². The minimum Gasteiger partial charge on any atom is -0.872 e. The monoisotopic (exact) mass is 525 g/mol. The fourth-order valence-electron chi connectivity index (χ4n) is 3.91. The van der Waals surface area contributed by atoms with Gasteiger partial charge in [-0.05, 0) is 23.3 Å². The molecule has 9 nitrogen and oxygen atoms in total. The number of fused-ring (bicyclic) bond motifs is 1. The minimum absolute atomic E-state index is 0. The third-order valence-electron chi connectivity index (χ3n) is 5.58. The zero-order valence-corrected chi connectivity index (χ0v) is 22.6. The van der Waals surface area contributed by atoms with Crippen molar-refractivity contribution >= 4 is 16.0 Å². The predicted molar refractivity (Wildman–Crippen MR) is 130 cm³/mol. The van der Waals surface area contributed by atoms with E-state index in [1.54, 1.807) is 34.9 Å². The molecule has 0 amide bonds. The molecule has 2 aromatic heterocycles. The Morgan fingerprint density at radius 1 is 0.838 bits per heavy atom. The molecule has 0 radical (unpaired) electrons. The van der Waals surface area contributed by atoms with Gasteiger partial charge >= 0.3 is 40.0 Å². The smallest absolute Gasteiger partial charge is 0.872 e. The van der Waals surface area contributed by atoms with Crippen molar-refractivity contribution in [1.82, 2.24) is 14.4 Å². The minimum atomic E-state index is -4.61. The first-order chi connectivity index (χ1) is 17.2. The third-order valence-corrected chi connectivity index (χ3v) is 5.98. The van der Waals surface area contributed by atoms with Crippen molar-refractivity contribution in [2.75, 3.05) is 0 Å². The van der Waals surface area contributed by atoms with Gasteiger partial charge < -0.3 is 14.4 Å². The molecule has 0 spiro atoms. The van der Waals surface area contributed by atoms with Crippen LogP contribution < -0.4 is 38.8 Å². The Morgan fingerprint density at radius 3 is 2.11 bits per heavy atom. The van der Waals surface area contributed by atoms with Gasteiger partial charge in [-0.25, -0.2) is 9.97 Å². The van der Waals surface area contributed by atoms with E-state index in [4.69, 9.17) is 9.54 Å². The Kier molecular flexibility index (Phi) is 7.86. The molecule has 0 aliphatic carbocycles. The molecule has 2 N–H and O–H groups in total. The molecule has 2 heterocycles. The van der Waals surface area contributed by atoms with Crippen LogP contribution in [0, 0.1) is 0 Å². The normalized spacial score (nSPS) is 11.3. The molecule has 0 atom stereocenters. The summed E-state index contributed by atoms with van der Waals surface area (Å²) in [5.74, 6) is -0.199. The number of benzene rings is 3. The van der Waals surface area contributed by atoms with Gasteiger partial charge in [0.25, 0.3) is 0 Å². The first-order valence-corrected chi connectivity index (χ1v) is 12.3. The van der Waals surface area contributed by atoms with Crippen molar-refractivity contribution in [3.8, 4) is 28.6 Å². The zero-order valence-electron chi connectivity index (χ0n) is 19.8. The molecule has 5 aromatic rings. The van der Waals surface area contributed by atoms with Crippen LogP contribution in [0.1, 0.15) is 22.5 Å². The van der Waals surface area contributed by atoms with Gasteiger partial charge in [0.2, 0.25) is 5.88 Å². The topological polar surface area (TPSA) is 137 Å². The Morgan fingerprint density at radius 2 is 1.46 bits per heavy atom. The SMILES string of the molecule is O=S(=O)(O)Oc1ccc(Cc2nc3c(Cc4ccccc4)nc(-c4ccc([O-])cc4)cn3c2O)cc1.[Na+]. The van der Waals surface area contributed by atoms with E-state index in [1.165, 1.54) is 24.3 Å². The van der Waals surface area contributed by atoms with Crippen molar-refractivity contribution in [1.29, 1.82) is 0 Å². The fraction of sp³-hybridized carbons (Fsp3) is 0.0769. The summed E-state index contributed by atoms with van der Waals surface area (Å²) in [5, 5.41) is 22.6. The summed E-state index contributed by atoms with van der Waals surface area (Å²) in [7, 11) is -4.61. The predicted octanol–water partition coefficient (Wildman–Crippen LogP) is 0.543. The average molecular weight is 526 g/mol. The van der Waals surface area contributed by atoms with Crippen LogP contribution in [0.15, 0.2) is 85.1 Å². The Labute approximate surface area is 235 Å². The number of hydrogen-bond donors (Lipinski definition) is 2. The first-order valence-electron chi connectivity index (χ1n) is 10.9. The van der Waals surface area contributed by atoms with E-state index in [-0.39, 0.29) is 53.4 Å². The summed E-state index contributed by atoms with van der Waals surface area (Å²) in [6, 6.07) is 22.1. The largest absolute Gasteiger partial charge is 1.00 e. The summed E-state index contributed by atoms with van der Waals surface area (Å²) >= 11 is 0. The van der Waals surface area contributed by atoms with Crippen LogP contribution in [-0.2, 0) is 23.2 Å². The van der Waals surface area contributed by atoms with Crippen LogP contribution in [0.5, 0.6) is 17.4 Å². The molecule has 0 aliphatic rings. The van der Waals surface area contributed by atoms with Crippen LogP contribution in [-0.4, -0.2) is 32.4 Å². The number of hydrogen-bond acceptors (Lipinski definition) is 7. The summed E-state index contributed by atoms with van der Waals surface area (Å²) in [6.45, 7) is 0. The molecule has 0 aliphatic heterocycles. The third kappa shape index (κ3) is 6.30. The van der Waals surface area contributed by atoms with Crippen molar-refractivity contribution < 1.29 is 56.9 Å². The molecule has 0 saturated heterocycles. The van der Waals surface area contributed by atoms with E-state index in [2.05, 4.69) is 9.17 Å². The van der Waals surface area contributed by atoms with Gasteiger partial charge in [-0.15, -0.1) is 5.75 Å². The molecule has 37 heavy (non-hydrogen) atoms. The maximum absolute atomic E-state index is 11.6. The zero-order chi connectivity index (χ0) is 25.3. The van der Waals surface area contributed by atoms with Crippen LogP contribution in [0.2, 0.25) is 0 Å². The van der Waals surface area contributed by atoms with Gasteiger partial charge in [-0.1, -0.05) is 66.7 Å². The molecule has 0 saturated carbocycles. The van der Waals surface area contributed by atoms with Gasteiger partial charge in [0, 0.05) is 24.6 Å². The number of aromatic nitrogens is 3. The second-order valence-electron chi connectivity index (χ2n) is 8.17. The van der Waals surface area contributed by atoms with Crippen molar-refractivity contribution in [3.05, 3.63) is 108 Å². The molecular weight excluding hydrogens is 505 g/mol. The van der Waals surface area contributed by atoms with E-state index < -0.39 is 10.4 Å². The molecule has 0 fully saturated rings. The first kappa shape index (κ1) is 26.6. The van der Waals surface area contributed by atoms with Crippen LogP contribution in [0.25, 0.3) is 16.9 Å². The van der Waals surface area contributed by atoms with Crippen LogP contribution in [0.4, 0.5) is 0 Å². The number of rotatable bonds is 7. The molecular formula is C26H20N3NaO6S. The van der Waals surface area contributed by atoms with E-state index in [0.29, 0.717) is 29.1 Å². The fourth-order valence-corrected chi connectivity index (χ4v) is 4.27. The molecule has 0 unspecified atom stereocenters.